The van der Waals surface area contributed by atoms with Gasteiger partial charge in [0, 0.05) is 49.3 Å². The Hall–Kier alpha value is -0.620. The number of piperazine rings is 1. The van der Waals surface area contributed by atoms with Gasteiger partial charge in [-0.3, -0.25) is 4.90 Å². The largest absolute Gasteiger partial charge is 0.492 e. The first-order valence-electron chi connectivity index (χ1n) is 7.16. The van der Waals surface area contributed by atoms with E-state index in [-0.39, 0.29) is 0 Å². The van der Waals surface area contributed by atoms with Gasteiger partial charge in [-0.05, 0) is 32.3 Å². The van der Waals surface area contributed by atoms with Crippen molar-refractivity contribution >= 4 is 15.9 Å². The van der Waals surface area contributed by atoms with E-state index in [4.69, 9.17) is 4.74 Å². The molecule has 0 bridgehead atoms. The van der Waals surface area contributed by atoms with E-state index in [1.807, 2.05) is 19.2 Å². The lowest BCUT2D eigenvalue weighted by Crippen LogP contribution is -2.45. The van der Waals surface area contributed by atoms with Crippen LogP contribution in [0.2, 0.25) is 0 Å². The summed E-state index contributed by atoms with van der Waals surface area (Å²) in [6, 6.07) is 6.19. The van der Waals surface area contributed by atoms with E-state index in [1.165, 1.54) is 5.56 Å². The number of nitrogens with zero attached hydrogens (tertiary/aromatic N) is 2. The van der Waals surface area contributed by atoms with Crippen molar-refractivity contribution in [2.24, 2.45) is 0 Å². The summed E-state index contributed by atoms with van der Waals surface area (Å²) in [5.74, 6) is 0.983. The van der Waals surface area contributed by atoms with E-state index in [1.54, 1.807) is 0 Å². The third-order valence-corrected chi connectivity index (χ3v) is 4.14. The summed E-state index contributed by atoms with van der Waals surface area (Å²) in [6.45, 7) is 7.17. The molecule has 1 heterocycles. The summed E-state index contributed by atoms with van der Waals surface area (Å²) in [5.41, 5.74) is 1.19. The van der Waals surface area contributed by atoms with E-state index in [0.29, 0.717) is 0 Å². The molecule has 1 aliphatic heterocycles. The zero-order valence-electron chi connectivity index (χ0n) is 12.4. The molecule has 0 unspecified atom stereocenters. The van der Waals surface area contributed by atoms with Crippen molar-refractivity contribution in [3.63, 3.8) is 0 Å². The predicted octanol–water partition coefficient (Wildman–Crippen LogP) is 1.79. The molecule has 0 aromatic heterocycles. The van der Waals surface area contributed by atoms with Crippen molar-refractivity contribution in [2.45, 2.75) is 6.54 Å². The van der Waals surface area contributed by atoms with E-state index in [9.17, 15) is 0 Å². The van der Waals surface area contributed by atoms with Crippen LogP contribution >= 0.6 is 15.9 Å². The van der Waals surface area contributed by atoms with Crippen LogP contribution in [0, 0.1) is 0 Å². The molecule has 0 saturated carbocycles. The minimum absolute atomic E-state index is 0.752. The van der Waals surface area contributed by atoms with Crippen molar-refractivity contribution in [1.29, 1.82) is 0 Å². The number of halogens is 1. The second-order valence-electron chi connectivity index (χ2n) is 5.28. The first-order chi connectivity index (χ1) is 9.69. The first kappa shape index (κ1) is 15.8. The quantitative estimate of drug-likeness (QED) is 0.853. The Kier molecular flexibility index (Phi) is 6.29. The lowest BCUT2D eigenvalue weighted by molar-refractivity contribution is 0.133. The monoisotopic (exact) mass is 341 g/mol. The maximum atomic E-state index is 5.96. The molecule has 1 N–H and O–H groups in total. The molecule has 0 spiro atoms. The number of rotatable bonds is 6. The number of nitrogens with one attached hydrogen (secondary N) is 1. The second kappa shape index (κ2) is 7.98. The van der Waals surface area contributed by atoms with Gasteiger partial charge in [0.05, 0.1) is 0 Å². The van der Waals surface area contributed by atoms with Crippen molar-refractivity contribution in [1.82, 2.24) is 15.1 Å². The summed E-state index contributed by atoms with van der Waals surface area (Å²) in [4.78, 5) is 4.84. The fourth-order valence-electron chi connectivity index (χ4n) is 2.37. The summed E-state index contributed by atoms with van der Waals surface area (Å²) in [7, 11) is 4.13. The molecule has 112 valence electrons. The zero-order chi connectivity index (χ0) is 14.4. The number of hydrogen-bond acceptors (Lipinski definition) is 4. The minimum Gasteiger partial charge on any atom is -0.492 e. The van der Waals surface area contributed by atoms with Crippen LogP contribution in [0.25, 0.3) is 0 Å². The lowest BCUT2D eigenvalue weighted by Gasteiger charge is -2.32. The topological polar surface area (TPSA) is 27.7 Å². The Balaban J connectivity index is 1.81. The zero-order valence-corrected chi connectivity index (χ0v) is 13.9. The van der Waals surface area contributed by atoms with Crippen LogP contribution in [-0.2, 0) is 6.54 Å². The van der Waals surface area contributed by atoms with Crippen LogP contribution in [0.1, 0.15) is 5.56 Å². The van der Waals surface area contributed by atoms with Crippen LogP contribution in [0.3, 0.4) is 0 Å². The molecule has 1 aliphatic rings. The average molecular weight is 342 g/mol. The van der Waals surface area contributed by atoms with E-state index < -0.39 is 0 Å². The van der Waals surface area contributed by atoms with Gasteiger partial charge in [0.1, 0.15) is 12.4 Å². The molecule has 1 aromatic carbocycles. The Morgan fingerprint density at radius 2 is 2.00 bits per heavy atom. The predicted molar refractivity (Wildman–Crippen MR) is 86.3 cm³/mol. The van der Waals surface area contributed by atoms with Crippen molar-refractivity contribution in [3.05, 3.63) is 28.2 Å². The Bertz CT molecular complexity index is 420. The maximum absolute atomic E-state index is 5.96. The third kappa shape index (κ3) is 4.74. The molecular formula is C15H24BrN3O. The van der Waals surface area contributed by atoms with E-state index in [0.717, 1.165) is 56.1 Å². The van der Waals surface area contributed by atoms with Crippen LogP contribution in [0.15, 0.2) is 22.7 Å². The summed E-state index contributed by atoms with van der Waals surface area (Å²) < 4.78 is 7.05. The lowest BCUT2D eigenvalue weighted by atomic mass is 10.2. The number of ether oxygens (including phenoxy) is 1. The van der Waals surface area contributed by atoms with Crippen molar-refractivity contribution in [2.75, 3.05) is 53.4 Å². The van der Waals surface area contributed by atoms with Gasteiger partial charge < -0.3 is 15.0 Å². The molecule has 0 amide bonds. The number of benzene rings is 1. The van der Waals surface area contributed by atoms with Gasteiger partial charge in [0.15, 0.2) is 0 Å². The fourth-order valence-corrected chi connectivity index (χ4v) is 2.78. The van der Waals surface area contributed by atoms with Gasteiger partial charge >= 0.3 is 0 Å². The van der Waals surface area contributed by atoms with Gasteiger partial charge in [0.25, 0.3) is 0 Å². The van der Waals surface area contributed by atoms with E-state index in [2.05, 4.69) is 44.2 Å². The fraction of sp³-hybridized carbons (Fsp3) is 0.600. The highest BCUT2D eigenvalue weighted by Crippen LogP contribution is 2.23. The highest BCUT2D eigenvalue weighted by Gasteiger charge is 2.13. The second-order valence-corrected chi connectivity index (χ2v) is 6.19. The Morgan fingerprint density at radius 1 is 1.25 bits per heavy atom. The molecule has 20 heavy (non-hydrogen) atoms. The molecule has 4 nitrogen and oxygen atoms in total. The highest BCUT2D eigenvalue weighted by molar-refractivity contribution is 9.10. The van der Waals surface area contributed by atoms with Gasteiger partial charge in [-0.1, -0.05) is 15.9 Å². The summed E-state index contributed by atoms with van der Waals surface area (Å²) in [6.07, 6.45) is 0. The van der Waals surface area contributed by atoms with Crippen LogP contribution in [-0.4, -0.2) is 63.2 Å². The first-order valence-corrected chi connectivity index (χ1v) is 7.95. The number of likely N-dealkylation sites (N-methyl/N-ethyl adjacent to an activating group) is 1. The normalized spacial score (nSPS) is 17.4. The molecule has 1 aromatic rings. The number of hydrogen-bond donors (Lipinski definition) is 1. The standard InChI is InChI=1S/C15H24BrN3O/c1-17-12-13-11-14(16)3-4-15(13)20-10-9-19-7-5-18(2)6-8-19/h3-4,11,17H,5-10,12H2,1-2H3. The maximum Gasteiger partial charge on any atom is 0.123 e. The molecule has 0 radical (unpaired) electrons. The van der Waals surface area contributed by atoms with Crippen molar-refractivity contribution in [3.8, 4) is 5.75 Å². The van der Waals surface area contributed by atoms with Crippen LogP contribution < -0.4 is 10.1 Å². The van der Waals surface area contributed by atoms with Gasteiger partial charge in [-0.15, -0.1) is 0 Å². The molecular weight excluding hydrogens is 318 g/mol. The third-order valence-electron chi connectivity index (χ3n) is 3.65. The van der Waals surface area contributed by atoms with Crippen molar-refractivity contribution < 1.29 is 4.74 Å². The summed E-state index contributed by atoms with van der Waals surface area (Å²) in [5, 5.41) is 3.18. The Labute approximate surface area is 130 Å². The Morgan fingerprint density at radius 3 is 2.70 bits per heavy atom. The highest BCUT2D eigenvalue weighted by atomic mass is 79.9. The average Bonchev–Trinajstić information content (AvgIpc) is 2.44. The van der Waals surface area contributed by atoms with E-state index >= 15 is 0 Å². The van der Waals surface area contributed by atoms with Gasteiger partial charge in [-0.2, -0.15) is 0 Å². The minimum atomic E-state index is 0.752. The van der Waals surface area contributed by atoms with Gasteiger partial charge in [0.2, 0.25) is 0 Å². The van der Waals surface area contributed by atoms with Crippen LogP contribution in [0.5, 0.6) is 5.75 Å². The summed E-state index contributed by atoms with van der Waals surface area (Å²) >= 11 is 3.51. The molecule has 1 fully saturated rings. The van der Waals surface area contributed by atoms with Crippen LogP contribution in [0.4, 0.5) is 0 Å². The SMILES string of the molecule is CNCc1cc(Br)ccc1OCCN1CCN(C)CC1. The molecule has 1 saturated heterocycles. The molecule has 2 rings (SSSR count). The molecule has 0 atom stereocenters. The smallest absolute Gasteiger partial charge is 0.123 e. The van der Waals surface area contributed by atoms with Gasteiger partial charge in [-0.25, -0.2) is 0 Å². The molecule has 5 heteroatoms. The molecule has 0 aliphatic carbocycles.